The minimum Gasteiger partial charge on any atom is -0.468 e. The number of rotatable bonds is 2. The van der Waals surface area contributed by atoms with E-state index in [2.05, 4.69) is 10.1 Å². The highest BCUT2D eigenvalue weighted by molar-refractivity contribution is 5.70. The van der Waals surface area contributed by atoms with Crippen molar-refractivity contribution in [3.8, 4) is 0 Å². The molecule has 0 unspecified atom stereocenters. The fraction of sp³-hybridized carbons (Fsp3) is 0.857. The van der Waals surface area contributed by atoms with Crippen LogP contribution in [0.5, 0.6) is 0 Å². The van der Waals surface area contributed by atoms with Crippen molar-refractivity contribution in [2.75, 3.05) is 20.7 Å². The molecular weight excluding hydrogens is 144 g/mol. The second-order valence-electron chi connectivity index (χ2n) is 2.34. The molecule has 0 atom stereocenters. The molecule has 4 heteroatoms. The first-order valence-corrected chi connectivity index (χ1v) is 3.68. The van der Waals surface area contributed by atoms with Crippen LogP contribution in [0.4, 0.5) is 0 Å². The van der Waals surface area contributed by atoms with E-state index in [1.54, 1.807) is 0 Å². The number of ether oxygens (including phenoxy) is 1. The molecule has 0 aromatic carbocycles. The Labute approximate surface area is 67.1 Å². The standard InChI is InChI=1S/C4H9N.C3H7NO2/c1-5-4-2-3-4;1-6-3(5)2-4/h4-5H,2-3H2,1H3;2,4H2,1H3. The van der Waals surface area contributed by atoms with Crippen LogP contribution in [0.3, 0.4) is 0 Å². The molecule has 0 aliphatic heterocycles. The maximum Gasteiger partial charge on any atom is 0.319 e. The Kier molecular flexibility index (Phi) is 5.78. The van der Waals surface area contributed by atoms with Crippen molar-refractivity contribution in [1.82, 2.24) is 5.32 Å². The Balaban J connectivity index is 0.000000183. The third-order valence-corrected chi connectivity index (χ3v) is 1.38. The van der Waals surface area contributed by atoms with Gasteiger partial charge in [-0.15, -0.1) is 0 Å². The minimum atomic E-state index is -0.380. The van der Waals surface area contributed by atoms with E-state index in [1.807, 2.05) is 7.05 Å². The number of nitrogens with two attached hydrogens (primary N) is 1. The zero-order chi connectivity index (χ0) is 8.69. The molecular formula is C7H16N2O2. The van der Waals surface area contributed by atoms with E-state index >= 15 is 0 Å². The molecule has 0 heterocycles. The monoisotopic (exact) mass is 160 g/mol. The minimum absolute atomic E-state index is 0.0312. The molecule has 0 amide bonds. The molecule has 0 aromatic rings. The molecule has 66 valence electrons. The summed E-state index contributed by atoms with van der Waals surface area (Å²) < 4.78 is 4.14. The molecule has 0 spiro atoms. The number of carbonyl (C=O) groups is 1. The van der Waals surface area contributed by atoms with Gasteiger partial charge in [0.1, 0.15) is 0 Å². The van der Waals surface area contributed by atoms with Gasteiger partial charge in [0.15, 0.2) is 0 Å². The van der Waals surface area contributed by atoms with Crippen LogP contribution in [0.1, 0.15) is 12.8 Å². The zero-order valence-corrected chi connectivity index (χ0v) is 7.09. The van der Waals surface area contributed by atoms with Crippen LogP contribution < -0.4 is 11.1 Å². The van der Waals surface area contributed by atoms with Crippen LogP contribution >= 0.6 is 0 Å². The molecule has 0 aromatic heterocycles. The first-order chi connectivity index (χ1) is 5.24. The van der Waals surface area contributed by atoms with Gasteiger partial charge >= 0.3 is 5.97 Å². The van der Waals surface area contributed by atoms with Gasteiger partial charge in [0.25, 0.3) is 0 Å². The van der Waals surface area contributed by atoms with Gasteiger partial charge in [-0.25, -0.2) is 0 Å². The van der Waals surface area contributed by atoms with E-state index in [1.165, 1.54) is 20.0 Å². The quantitative estimate of drug-likeness (QED) is 0.534. The molecule has 1 aliphatic rings. The van der Waals surface area contributed by atoms with Crippen molar-refractivity contribution in [2.24, 2.45) is 5.73 Å². The van der Waals surface area contributed by atoms with Gasteiger partial charge in [-0.2, -0.15) is 0 Å². The first-order valence-electron chi connectivity index (χ1n) is 3.68. The Bertz CT molecular complexity index is 107. The highest BCUT2D eigenvalue weighted by Crippen LogP contribution is 2.16. The lowest BCUT2D eigenvalue weighted by Crippen LogP contribution is -2.14. The SMILES string of the molecule is CNC1CC1.COC(=O)CN. The number of methoxy groups -OCH3 is 1. The van der Waals surface area contributed by atoms with Gasteiger partial charge in [0.05, 0.1) is 13.7 Å². The molecule has 0 bridgehead atoms. The van der Waals surface area contributed by atoms with Crippen LogP contribution in [0.15, 0.2) is 0 Å². The van der Waals surface area contributed by atoms with Crippen LogP contribution in [-0.4, -0.2) is 32.7 Å². The van der Waals surface area contributed by atoms with Crippen molar-refractivity contribution < 1.29 is 9.53 Å². The van der Waals surface area contributed by atoms with E-state index in [9.17, 15) is 4.79 Å². The highest BCUT2D eigenvalue weighted by atomic mass is 16.5. The highest BCUT2D eigenvalue weighted by Gasteiger charge is 2.17. The molecule has 3 N–H and O–H groups in total. The molecule has 4 nitrogen and oxygen atoms in total. The van der Waals surface area contributed by atoms with Crippen molar-refractivity contribution in [2.45, 2.75) is 18.9 Å². The lowest BCUT2D eigenvalue weighted by molar-refractivity contribution is -0.138. The lowest BCUT2D eigenvalue weighted by Gasteiger charge is -1.87. The topological polar surface area (TPSA) is 64.3 Å². The maximum atomic E-state index is 9.83. The average Bonchev–Trinajstić information content (AvgIpc) is 2.86. The van der Waals surface area contributed by atoms with Gasteiger partial charge in [-0.1, -0.05) is 0 Å². The summed E-state index contributed by atoms with van der Waals surface area (Å²) >= 11 is 0. The van der Waals surface area contributed by atoms with Crippen LogP contribution in [0, 0.1) is 0 Å². The van der Waals surface area contributed by atoms with Gasteiger partial charge in [-0.3, -0.25) is 4.79 Å². The van der Waals surface area contributed by atoms with Crippen LogP contribution in [-0.2, 0) is 9.53 Å². The fourth-order valence-corrected chi connectivity index (χ4v) is 0.455. The number of hydrogen-bond acceptors (Lipinski definition) is 4. The van der Waals surface area contributed by atoms with Crippen LogP contribution in [0.2, 0.25) is 0 Å². The molecule has 1 aliphatic carbocycles. The molecule has 0 radical (unpaired) electrons. The number of hydrogen-bond donors (Lipinski definition) is 2. The van der Waals surface area contributed by atoms with E-state index in [0.717, 1.165) is 6.04 Å². The van der Waals surface area contributed by atoms with E-state index in [-0.39, 0.29) is 12.5 Å². The summed E-state index contributed by atoms with van der Waals surface area (Å²) in [5.74, 6) is -0.380. The predicted octanol–water partition coefficient (Wildman–Crippen LogP) is -0.514. The van der Waals surface area contributed by atoms with Gasteiger partial charge < -0.3 is 15.8 Å². The molecule has 1 rings (SSSR count). The molecule has 1 fully saturated rings. The molecule has 11 heavy (non-hydrogen) atoms. The Hall–Kier alpha value is -0.610. The van der Waals surface area contributed by atoms with Gasteiger partial charge in [0, 0.05) is 6.04 Å². The number of carbonyl (C=O) groups excluding carboxylic acids is 1. The second kappa shape index (κ2) is 6.12. The third kappa shape index (κ3) is 7.29. The lowest BCUT2D eigenvalue weighted by atomic mass is 10.7. The summed E-state index contributed by atoms with van der Waals surface area (Å²) in [7, 11) is 3.31. The van der Waals surface area contributed by atoms with E-state index < -0.39 is 0 Å². The van der Waals surface area contributed by atoms with Crippen LogP contribution in [0.25, 0.3) is 0 Å². The van der Waals surface area contributed by atoms with Crippen molar-refractivity contribution in [1.29, 1.82) is 0 Å². The summed E-state index contributed by atoms with van der Waals surface area (Å²) in [6.07, 6.45) is 2.80. The molecule has 0 saturated heterocycles. The first kappa shape index (κ1) is 10.4. The van der Waals surface area contributed by atoms with Crippen molar-refractivity contribution in [3.63, 3.8) is 0 Å². The molecule has 1 saturated carbocycles. The van der Waals surface area contributed by atoms with E-state index in [0.29, 0.717) is 0 Å². The Morgan fingerprint density at radius 2 is 2.27 bits per heavy atom. The van der Waals surface area contributed by atoms with Gasteiger partial charge in [-0.05, 0) is 19.9 Å². The summed E-state index contributed by atoms with van der Waals surface area (Å²) in [6, 6.07) is 0.884. The fourth-order valence-electron chi connectivity index (χ4n) is 0.455. The zero-order valence-electron chi connectivity index (χ0n) is 7.09. The maximum absolute atomic E-state index is 9.83. The Morgan fingerprint density at radius 3 is 2.27 bits per heavy atom. The normalized spacial score (nSPS) is 14.8. The smallest absolute Gasteiger partial charge is 0.319 e. The van der Waals surface area contributed by atoms with Gasteiger partial charge in [0.2, 0.25) is 0 Å². The summed E-state index contributed by atoms with van der Waals surface area (Å²) in [5.41, 5.74) is 4.81. The summed E-state index contributed by atoms with van der Waals surface area (Å²) in [5, 5.41) is 3.14. The van der Waals surface area contributed by atoms with Crippen molar-refractivity contribution >= 4 is 5.97 Å². The predicted molar refractivity (Wildman–Crippen MR) is 43.2 cm³/mol. The average molecular weight is 160 g/mol. The Morgan fingerprint density at radius 1 is 1.73 bits per heavy atom. The summed E-state index contributed by atoms with van der Waals surface area (Å²) in [6.45, 7) is -0.0312. The third-order valence-electron chi connectivity index (χ3n) is 1.38. The summed E-state index contributed by atoms with van der Waals surface area (Å²) in [4.78, 5) is 9.83. The largest absolute Gasteiger partial charge is 0.468 e. The number of esters is 1. The number of nitrogens with one attached hydrogen (secondary N) is 1. The second-order valence-corrected chi connectivity index (χ2v) is 2.34. The van der Waals surface area contributed by atoms with E-state index in [4.69, 9.17) is 5.73 Å². The van der Waals surface area contributed by atoms with Crippen molar-refractivity contribution in [3.05, 3.63) is 0 Å².